The van der Waals surface area contributed by atoms with Crippen LogP contribution in [0.15, 0.2) is 29.2 Å². The average Bonchev–Trinajstić information content (AvgIpc) is 3.41. The van der Waals surface area contributed by atoms with Gasteiger partial charge < -0.3 is 5.32 Å². The van der Waals surface area contributed by atoms with E-state index in [0.29, 0.717) is 10.8 Å². The first kappa shape index (κ1) is 23.7. The Morgan fingerprint density at radius 1 is 0.941 bits per heavy atom. The molecule has 5 aliphatic rings. The van der Waals surface area contributed by atoms with Gasteiger partial charge in [-0.2, -0.15) is 0 Å². The minimum absolute atomic E-state index is 0.266. The summed E-state index contributed by atoms with van der Waals surface area (Å²) in [5.74, 6) is 6.64. The van der Waals surface area contributed by atoms with Gasteiger partial charge in [0.2, 0.25) is 0 Å². The van der Waals surface area contributed by atoms with Crippen molar-refractivity contribution in [3.05, 3.63) is 24.3 Å². The Bertz CT molecular complexity index is 883. The molecular weight excluding hydrogens is 430 g/mol. The minimum atomic E-state index is 0.266. The number of hydrogen-bond donors (Lipinski definition) is 1. The van der Waals surface area contributed by atoms with E-state index in [1.807, 2.05) is 0 Å². The Hall–Kier alpha value is -0.630. The molecule has 0 aromatic heterocycles. The quantitative estimate of drug-likeness (QED) is 0.451. The van der Waals surface area contributed by atoms with Crippen molar-refractivity contribution in [3.8, 4) is 0 Å². The highest BCUT2D eigenvalue weighted by molar-refractivity contribution is 8.01. The van der Waals surface area contributed by atoms with Gasteiger partial charge in [0.1, 0.15) is 0 Å². The molecule has 1 N–H and O–H groups in total. The van der Waals surface area contributed by atoms with Crippen molar-refractivity contribution in [1.82, 2.24) is 0 Å². The molecule has 1 aliphatic heterocycles. The summed E-state index contributed by atoms with van der Waals surface area (Å²) in [4.78, 5) is 1.75. The summed E-state index contributed by atoms with van der Waals surface area (Å²) in [6.07, 6.45) is 16.1. The number of thioether (sulfide) groups is 1. The predicted octanol–water partition coefficient (Wildman–Crippen LogP) is 9.63. The van der Waals surface area contributed by atoms with Crippen LogP contribution in [0.25, 0.3) is 0 Å². The Balaban J connectivity index is 1.18. The van der Waals surface area contributed by atoms with Crippen LogP contribution in [0.1, 0.15) is 105 Å². The predicted molar refractivity (Wildman–Crippen MR) is 147 cm³/mol. The molecule has 2 heteroatoms. The number of rotatable bonds is 5. The third-order valence-electron chi connectivity index (χ3n) is 12.1. The number of anilines is 1. The lowest BCUT2D eigenvalue weighted by Gasteiger charge is -2.58. The first-order chi connectivity index (χ1) is 16.2. The molecule has 0 radical (unpaired) electrons. The molecule has 0 saturated heterocycles. The van der Waals surface area contributed by atoms with E-state index in [0.717, 1.165) is 41.4 Å². The molecule has 4 fully saturated rings. The van der Waals surface area contributed by atoms with Crippen LogP contribution in [-0.4, -0.2) is 4.87 Å². The summed E-state index contributed by atoms with van der Waals surface area (Å²) in [5, 5.41) is 4.05. The van der Waals surface area contributed by atoms with Gasteiger partial charge in [-0.15, -0.1) is 0 Å². The standard InChI is InChI=1S/C32H49NS/c1-21(2)9-8-10-22(3)25-15-16-26-24-14-13-23-19-32(33-28-11-6-7-12-29(28)34-32)20-31(23,5)27(24)17-18-30(25,26)4/h6-7,11-12,21-27,33H,8-10,13-20H2,1-5H3/t22-,23-,24+,25+,26-,27+,30+,31-,32-/m0/s1. The highest BCUT2D eigenvalue weighted by Gasteiger charge is 2.64. The maximum Gasteiger partial charge on any atom is 0.0889 e. The molecule has 0 amide bonds. The first-order valence-corrected chi connectivity index (χ1v) is 15.6. The number of fused-ring (bicyclic) bond motifs is 6. The topological polar surface area (TPSA) is 12.0 Å². The van der Waals surface area contributed by atoms with Crippen molar-refractivity contribution in [3.63, 3.8) is 0 Å². The molecule has 188 valence electrons. The normalized spacial score (nSPS) is 45.5. The Morgan fingerprint density at radius 3 is 2.53 bits per heavy atom. The largest absolute Gasteiger partial charge is 0.369 e. The lowest BCUT2D eigenvalue weighted by molar-refractivity contribution is -0.0903. The van der Waals surface area contributed by atoms with Gasteiger partial charge in [-0.25, -0.2) is 0 Å². The number of nitrogens with one attached hydrogen (secondary N) is 1. The van der Waals surface area contributed by atoms with Crippen LogP contribution in [0.3, 0.4) is 0 Å². The van der Waals surface area contributed by atoms with Crippen molar-refractivity contribution in [2.45, 2.75) is 115 Å². The van der Waals surface area contributed by atoms with Gasteiger partial charge in [0, 0.05) is 10.6 Å². The number of hydrogen-bond acceptors (Lipinski definition) is 2. The second-order valence-electron chi connectivity index (χ2n) is 14.3. The third-order valence-corrected chi connectivity index (χ3v) is 13.4. The molecule has 1 aromatic carbocycles. The zero-order valence-corrected chi connectivity index (χ0v) is 23.4. The van der Waals surface area contributed by atoms with E-state index in [1.165, 1.54) is 81.2 Å². The second kappa shape index (κ2) is 8.46. The fourth-order valence-electron chi connectivity index (χ4n) is 10.6. The van der Waals surface area contributed by atoms with E-state index < -0.39 is 0 Å². The lowest BCUT2D eigenvalue weighted by Crippen LogP contribution is -2.51. The molecule has 1 heterocycles. The van der Waals surface area contributed by atoms with Crippen LogP contribution < -0.4 is 5.32 Å². The molecule has 1 nitrogen and oxygen atoms in total. The summed E-state index contributed by atoms with van der Waals surface area (Å²) in [6, 6.07) is 9.06. The molecule has 9 atom stereocenters. The maximum atomic E-state index is 4.05. The van der Waals surface area contributed by atoms with Crippen molar-refractivity contribution in [2.75, 3.05) is 5.32 Å². The van der Waals surface area contributed by atoms with E-state index in [9.17, 15) is 0 Å². The third kappa shape index (κ3) is 3.62. The zero-order chi connectivity index (χ0) is 23.7. The fourth-order valence-corrected chi connectivity index (χ4v) is 12.2. The minimum Gasteiger partial charge on any atom is -0.369 e. The van der Waals surface area contributed by atoms with E-state index in [1.54, 1.807) is 0 Å². The monoisotopic (exact) mass is 479 g/mol. The van der Waals surface area contributed by atoms with Crippen LogP contribution in [0.4, 0.5) is 5.69 Å². The Labute approximate surface area is 214 Å². The van der Waals surface area contributed by atoms with Crippen molar-refractivity contribution in [2.24, 2.45) is 52.3 Å². The first-order valence-electron chi connectivity index (χ1n) is 14.8. The smallest absolute Gasteiger partial charge is 0.0889 e. The molecule has 6 rings (SSSR count). The molecule has 1 spiro atoms. The van der Waals surface area contributed by atoms with Gasteiger partial charge in [-0.3, -0.25) is 0 Å². The van der Waals surface area contributed by atoms with E-state index in [-0.39, 0.29) is 4.87 Å². The van der Waals surface area contributed by atoms with Crippen LogP contribution in [0.5, 0.6) is 0 Å². The highest BCUT2D eigenvalue weighted by Crippen LogP contribution is 2.72. The fraction of sp³-hybridized carbons (Fsp3) is 0.812. The van der Waals surface area contributed by atoms with Crippen LogP contribution in [0.2, 0.25) is 0 Å². The molecule has 4 aliphatic carbocycles. The molecule has 0 bridgehead atoms. The van der Waals surface area contributed by atoms with Gasteiger partial charge >= 0.3 is 0 Å². The molecule has 34 heavy (non-hydrogen) atoms. The van der Waals surface area contributed by atoms with Gasteiger partial charge in [0.05, 0.1) is 4.87 Å². The number of para-hydroxylation sites is 1. The number of benzene rings is 1. The summed E-state index contributed by atoms with van der Waals surface area (Å²) < 4.78 is 0. The van der Waals surface area contributed by atoms with Gasteiger partial charge in [0.15, 0.2) is 0 Å². The SMILES string of the molecule is CC(C)CCC[C@H](C)[C@H]1CC[C@H]2[C@H]3CC[C@H]4C[C@]5(C[C@]4(C)[C@@H]3CC[C@]12C)Nc1ccccc1S5. The van der Waals surface area contributed by atoms with Crippen molar-refractivity contribution in [1.29, 1.82) is 0 Å². The van der Waals surface area contributed by atoms with Crippen LogP contribution >= 0.6 is 11.8 Å². The summed E-state index contributed by atoms with van der Waals surface area (Å²) >= 11 is 2.17. The van der Waals surface area contributed by atoms with Gasteiger partial charge in [-0.1, -0.05) is 77.8 Å². The van der Waals surface area contributed by atoms with Gasteiger partial charge in [0.25, 0.3) is 0 Å². The zero-order valence-electron chi connectivity index (χ0n) is 22.5. The molecule has 4 saturated carbocycles. The van der Waals surface area contributed by atoms with Crippen LogP contribution in [0, 0.1) is 52.3 Å². The van der Waals surface area contributed by atoms with Crippen molar-refractivity contribution >= 4 is 17.4 Å². The van der Waals surface area contributed by atoms with Crippen molar-refractivity contribution < 1.29 is 0 Å². The lowest BCUT2D eigenvalue weighted by atomic mass is 9.47. The van der Waals surface area contributed by atoms with E-state index in [2.05, 4.69) is 76.0 Å². The summed E-state index contributed by atoms with van der Waals surface area (Å²) in [7, 11) is 0. The van der Waals surface area contributed by atoms with Crippen LogP contribution in [-0.2, 0) is 0 Å². The molecular formula is C32H49NS. The van der Waals surface area contributed by atoms with E-state index in [4.69, 9.17) is 0 Å². The Morgan fingerprint density at radius 2 is 1.74 bits per heavy atom. The molecule has 1 aromatic rings. The second-order valence-corrected chi connectivity index (χ2v) is 15.7. The maximum absolute atomic E-state index is 4.05. The summed E-state index contributed by atoms with van der Waals surface area (Å²) in [6.45, 7) is 12.9. The van der Waals surface area contributed by atoms with E-state index >= 15 is 0 Å². The molecule has 0 unspecified atom stereocenters. The summed E-state index contributed by atoms with van der Waals surface area (Å²) in [5.41, 5.74) is 2.55. The highest BCUT2D eigenvalue weighted by atomic mass is 32.2. The van der Waals surface area contributed by atoms with Gasteiger partial charge in [-0.05, 0) is 116 Å². The average molecular weight is 480 g/mol. The Kier molecular flexibility index (Phi) is 5.91.